The zero-order valence-electron chi connectivity index (χ0n) is 16.8. The molecule has 0 aliphatic carbocycles. The van der Waals surface area contributed by atoms with Gasteiger partial charge in [0, 0.05) is 6.61 Å². The molecule has 146 valence electrons. The van der Waals surface area contributed by atoms with Gasteiger partial charge in [0.1, 0.15) is 0 Å². The molecule has 0 saturated carbocycles. The molecule has 24 heavy (non-hydrogen) atoms. The summed E-state index contributed by atoms with van der Waals surface area (Å²) < 4.78 is 11.3. The summed E-state index contributed by atoms with van der Waals surface area (Å²) in [6.07, 6.45) is 5.39. The molecule has 0 saturated heterocycles. The molecule has 0 bridgehead atoms. The molecular formula is C19H42NO4+. The predicted octanol–water partition coefficient (Wildman–Crippen LogP) is 3.96. The minimum absolute atomic E-state index is 0.0616. The summed E-state index contributed by atoms with van der Waals surface area (Å²) >= 11 is 0. The molecule has 0 aliphatic heterocycles. The third-order valence-electron chi connectivity index (χ3n) is 3.83. The molecule has 0 heterocycles. The summed E-state index contributed by atoms with van der Waals surface area (Å²) in [6, 6.07) is 0. The lowest BCUT2D eigenvalue weighted by atomic mass is 10.2. The molecule has 0 atom stereocenters. The summed E-state index contributed by atoms with van der Waals surface area (Å²) in [7, 11) is 0. The van der Waals surface area contributed by atoms with Crippen molar-refractivity contribution in [3.63, 3.8) is 0 Å². The van der Waals surface area contributed by atoms with Crippen LogP contribution in [0.5, 0.6) is 0 Å². The Morgan fingerprint density at radius 3 is 1.50 bits per heavy atom. The summed E-state index contributed by atoms with van der Waals surface area (Å²) in [5.41, 5.74) is 0. The number of rotatable bonds is 15. The summed E-state index contributed by atoms with van der Waals surface area (Å²) in [5, 5.41) is 8.20. The second kappa shape index (κ2) is 18.7. The maximum atomic E-state index is 9.98. The molecule has 5 heteroatoms. The summed E-state index contributed by atoms with van der Waals surface area (Å²) in [6.45, 7) is 18.6. The van der Waals surface area contributed by atoms with E-state index < -0.39 is 5.97 Å². The second-order valence-electron chi connectivity index (χ2n) is 6.19. The van der Waals surface area contributed by atoms with E-state index in [1.807, 2.05) is 6.92 Å². The van der Waals surface area contributed by atoms with Gasteiger partial charge in [0.2, 0.25) is 0 Å². The Morgan fingerprint density at radius 1 is 0.750 bits per heavy atom. The topological polar surface area (TPSA) is 55.8 Å². The highest BCUT2D eigenvalue weighted by molar-refractivity contribution is 5.66. The van der Waals surface area contributed by atoms with Gasteiger partial charge in [-0.1, -0.05) is 27.7 Å². The zero-order chi connectivity index (χ0) is 18.7. The van der Waals surface area contributed by atoms with E-state index in [0.29, 0.717) is 19.8 Å². The molecule has 0 fully saturated rings. The molecule has 0 rings (SSSR count). The first-order valence-corrected chi connectivity index (χ1v) is 9.74. The van der Waals surface area contributed by atoms with Crippen LogP contribution in [0.1, 0.15) is 66.7 Å². The number of hydrogen-bond donors (Lipinski definition) is 1. The third-order valence-corrected chi connectivity index (χ3v) is 3.83. The van der Waals surface area contributed by atoms with Gasteiger partial charge in [-0.25, -0.2) is 0 Å². The molecular weight excluding hydrogens is 306 g/mol. The SMILES string of the molecule is CCC[N+](CCC)(CCC)CCC.CCOCCOCCC(=O)O. The van der Waals surface area contributed by atoms with E-state index in [0.717, 1.165) is 0 Å². The minimum atomic E-state index is -0.832. The van der Waals surface area contributed by atoms with Gasteiger partial charge in [0.25, 0.3) is 0 Å². The van der Waals surface area contributed by atoms with Crippen LogP contribution in [-0.2, 0) is 14.3 Å². The number of hydrogen-bond acceptors (Lipinski definition) is 3. The number of carboxylic acids is 1. The molecule has 5 nitrogen and oxygen atoms in total. The lowest BCUT2D eigenvalue weighted by molar-refractivity contribution is -0.928. The minimum Gasteiger partial charge on any atom is -0.481 e. The monoisotopic (exact) mass is 348 g/mol. The average Bonchev–Trinajstić information content (AvgIpc) is 2.52. The number of ether oxygens (including phenoxy) is 2. The number of quaternary nitrogens is 1. The van der Waals surface area contributed by atoms with Crippen molar-refractivity contribution in [2.75, 3.05) is 52.6 Å². The lowest BCUT2D eigenvalue weighted by Crippen LogP contribution is -2.50. The second-order valence-corrected chi connectivity index (χ2v) is 6.19. The van der Waals surface area contributed by atoms with Crippen molar-refractivity contribution in [2.45, 2.75) is 66.7 Å². The van der Waals surface area contributed by atoms with Crippen LogP contribution in [0.4, 0.5) is 0 Å². The van der Waals surface area contributed by atoms with Crippen LogP contribution in [0.15, 0.2) is 0 Å². The first-order valence-electron chi connectivity index (χ1n) is 9.74. The third kappa shape index (κ3) is 16.2. The van der Waals surface area contributed by atoms with Crippen LogP contribution < -0.4 is 0 Å². The van der Waals surface area contributed by atoms with Crippen LogP contribution in [0, 0.1) is 0 Å². The molecule has 1 N–H and O–H groups in total. The highest BCUT2D eigenvalue weighted by Gasteiger charge is 2.22. The van der Waals surface area contributed by atoms with E-state index in [-0.39, 0.29) is 13.0 Å². The molecule has 0 aromatic carbocycles. The zero-order valence-corrected chi connectivity index (χ0v) is 16.8. The van der Waals surface area contributed by atoms with E-state index >= 15 is 0 Å². The number of aliphatic carboxylic acids is 1. The molecule has 0 aromatic heterocycles. The Bertz CT molecular complexity index is 243. The fraction of sp³-hybridized carbons (Fsp3) is 0.947. The van der Waals surface area contributed by atoms with Crippen LogP contribution in [0.25, 0.3) is 0 Å². The van der Waals surface area contributed by atoms with E-state index in [1.54, 1.807) is 0 Å². The van der Waals surface area contributed by atoms with Crippen molar-refractivity contribution in [1.82, 2.24) is 0 Å². The Balaban J connectivity index is 0. The van der Waals surface area contributed by atoms with Crippen molar-refractivity contribution in [1.29, 1.82) is 0 Å². The fourth-order valence-electron chi connectivity index (χ4n) is 3.09. The molecule has 0 aliphatic rings. The summed E-state index contributed by atoms with van der Waals surface area (Å²) in [5.74, 6) is -0.832. The van der Waals surface area contributed by atoms with Crippen LogP contribution >= 0.6 is 0 Å². The average molecular weight is 349 g/mol. The fourth-order valence-corrected chi connectivity index (χ4v) is 3.09. The van der Waals surface area contributed by atoms with E-state index in [4.69, 9.17) is 14.6 Å². The Hall–Kier alpha value is -0.650. The molecule has 0 unspecified atom stereocenters. The number of carboxylic acid groups (broad SMARTS) is 1. The van der Waals surface area contributed by atoms with Crippen LogP contribution in [0.2, 0.25) is 0 Å². The maximum absolute atomic E-state index is 9.98. The summed E-state index contributed by atoms with van der Waals surface area (Å²) in [4.78, 5) is 9.98. The maximum Gasteiger partial charge on any atom is 0.305 e. The predicted molar refractivity (Wildman–Crippen MR) is 100 cm³/mol. The van der Waals surface area contributed by atoms with Gasteiger partial charge in [-0.2, -0.15) is 0 Å². The van der Waals surface area contributed by atoms with Gasteiger partial charge >= 0.3 is 5.97 Å². The van der Waals surface area contributed by atoms with Crippen molar-refractivity contribution in [3.8, 4) is 0 Å². The van der Waals surface area contributed by atoms with Crippen molar-refractivity contribution >= 4 is 5.97 Å². The Labute approximate surface area is 149 Å². The molecule has 0 spiro atoms. The first-order chi connectivity index (χ1) is 11.5. The van der Waals surface area contributed by atoms with E-state index in [1.165, 1.54) is 56.3 Å². The number of carbonyl (C=O) groups is 1. The standard InChI is InChI=1S/C12H28N.C7H14O4/c1-5-9-13(10-6-2,11-7-3)12-8-4;1-2-10-5-6-11-4-3-7(8)9/h5-12H2,1-4H3;2-6H2,1H3,(H,8,9)/q+1;. The van der Waals surface area contributed by atoms with Crippen molar-refractivity contribution in [2.24, 2.45) is 0 Å². The number of nitrogens with zero attached hydrogens (tertiary/aromatic N) is 1. The normalized spacial score (nSPS) is 11.0. The van der Waals surface area contributed by atoms with Gasteiger partial charge in [-0.05, 0) is 32.6 Å². The van der Waals surface area contributed by atoms with Gasteiger partial charge in [-0.3, -0.25) is 4.79 Å². The molecule has 0 aromatic rings. The highest BCUT2D eigenvalue weighted by atomic mass is 16.5. The van der Waals surface area contributed by atoms with Crippen molar-refractivity contribution < 1.29 is 23.9 Å². The van der Waals surface area contributed by atoms with Gasteiger partial charge < -0.3 is 19.1 Å². The first kappa shape index (κ1) is 25.6. The Morgan fingerprint density at radius 2 is 1.17 bits per heavy atom. The van der Waals surface area contributed by atoms with E-state index in [2.05, 4.69) is 27.7 Å². The molecule has 0 amide bonds. The van der Waals surface area contributed by atoms with Gasteiger partial charge in [0.05, 0.1) is 52.4 Å². The molecule has 0 radical (unpaired) electrons. The highest BCUT2D eigenvalue weighted by Crippen LogP contribution is 2.12. The Kier molecular flexibility index (Phi) is 19.9. The lowest BCUT2D eigenvalue weighted by Gasteiger charge is -2.38. The van der Waals surface area contributed by atoms with Crippen molar-refractivity contribution in [3.05, 3.63) is 0 Å². The van der Waals surface area contributed by atoms with Crippen LogP contribution in [0.3, 0.4) is 0 Å². The van der Waals surface area contributed by atoms with E-state index in [9.17, 15) is 4.79 Å². The van der Waals surface area contributed by atoms with Gasteiger partial charge in [0.15, 0.2) is 0 Å². The quantitative estimate of drug-likeness (QED) is 0.359. The van der Waals surface area contributed by atoms with Crippen LogP contribution in [-0.4, -0.2) is 68.2 Å². The smallest absolute Gasteiger partial charge is 0.305 e. The van der Waals surface area contributed by atoms with Gasteiger partial charge in [-0.15, -0.1) is 0 Å². The largest absolute Gasteiger partial charge is 0.481 e.